The molecule has 0 aliphatic carbocycles. The number of thiazole rings is 1. The van der Waals surface area contributed by atoms with Gasteiger partial charge in [0.05, 0.1) is 27.4 Å². The van der Waals surface area contributed by atoms with E-state index >= 15 is 0 Å². The minimum Gasteiger partial charge on any atom is -0.494 e. The topological polar surface area (TPSA) is 83.0 Å². The number of aryl methyl sites for hydroxylation is 1. The molecule has 2 heterocycles. The normalized spacial score (nSPS) is 13.5. The Kier molecular flexibility index (Phi) is 8.32. The van der Waals surface area contributed by atoms with Crippen molar-refractivity contribution in [3.8, 4) is 5.75 Å². The lowest BCUT2D eigenvalue weighted by Gasteiger charge is -2.30. The van der Waals surface area contributed by atoms with Crippen LogP contribution >= 0.6 is 22.9 Å². The Balaban J connectivity index is 1.46. The molecule has 0 saturated carbocycles. The molecule has 11 heteroatoms. The van der Waals surface area contributed by atoms with Crippen molar-refractivity contribution in [3.63, 3.8) is 0 Å². The van der Waals surface area contributed by atoms with E-state index in [0.717, 1.165) is 36.1 Å². The fraction of sp³-hybridized carbons (Fsp3) is 0.310. The van der Waals surface area contributed by atoms with Gasteiger partial charge in [0, 0.05) is 18.7 Å². The first kappa shape index (κ1) is 28.4. The molecule has 40 heavy (non-hydrogen) atoms. The van der Waals surface area contributed by atoms with Gasteiger partial charge >= 0.3 is 0 Å². The zero-order valence-electron chi connectivity index (χ0n) is 22.6. The first-order valence-corrected chi connectivity index (χ1v) is 15.6. The third kappa shape index (κ3) is 5.54. The van der Waals surface area contributed by atoms with E-state index in [1.54, 1.807) is 36.3 Å². The molecule has 0 saturated heterocycles. The minimum absolute atomic E-state index is 0.149. The third-order valence-corrected chi connectivity index (χ3v) is 10.3. The van der Waals surface area contributed by atoms with Crippen molar-refractivity contribution in [2.45, 2.75) is 24.2 Å². The van der Waals surface area contributed by atoms with Crippen LogP contribution in [0.1, 0.15) is 28.8 Å². The van der Waals surface area contributed by atoms with E-state index in [4.69, 9.17) is 21.3 Å². The van der Waals surface area contributed by atoms with Crippen molar-refractivity contribution >= 4 is 59.9 Å². The van der Waals surface area contributed by atoms with E-state index in [0.29, 0.717) is 45.8 Å². The summed E-state index contributed by atoms with van der Waals surface area (Å²) in [5, 5.41) is 1.04. The number of rotatable bonds is 9. The number of hydrogen-bond acceptors (Lipinski definition) is 7. The number of para-hydroxylation sites is 1. The van der Waals surface area contributed by atoms with Crippen LogP contribution in [0.25, 0.3) is 10.2 Å². The van der Waals surface area contributed by atoms with Crippen LogP contribution in [-0.4, -0.2) is 65.0 Å². The van der Waals surface area contributed by atoms with Crippen molar-refractivity contribution in [1.82, 2.24) is 9.88 Å². The van der Waals surface area contributed by atoms with Crippen LogP contribution in [0.2, 0.25) is 5.02 Å². The highest BCUT2D eigenvalue weighted by Gasteiger charge is 2.30. The van der Waals surface area contributed by atoms with E-state index in [9.17, 15) is 13.2 Å². The molecule has 210 valence electrons. The van der Waals surface area contributed by atoms with E-state index in [1.807, 2.05) is 38.4 Å². The molecule has 0 N–H and O–H groups in total. The van der Waals surface area contributed by atoms with Crippen molar-refractivity contribution in [1.29, 1.82) is 0 Å². The number of aromatic nitrogens is 1. The summed E-state index contributed by atoms with van der Waals surface area (Å²) in [6.45, 7) is 1.64. The Bertz CT molecular complexity index is 1640. The lowest BCUT2D eigenvalue weighted by molar-refractivity contribution is 0.0986. The van der Waals surface area contributed by atoms with Crippen LogP contribution in [0, 0.1) is 0 Å². The minimum atomic E-state index is -3.78. The zero-order chi connectivity index (χ0) is 28.4. The SMILES string of the molecule is COc1ccc(Cl)c2sc(N(CCCN(C)C)C(=O)c3ccc(S(=O)(=O)N4CCCc5ccccc54)cc3)nc12. The predicted molar refractivity (Wildman–Crippen MR) is 162 cm³/mol. The van der Waals surface area contributed by atoms with E-state index < -0.39 is 10.0 Å². The van der Waals surface area contributed by atoms with Gasteiger partial charge in [-0.15, -0.1) is 0 Å². The van der Waals surface area contributed by atoms with Crippen molar-refractivity contribution in [2.24, 2.45) is 0 Å². The molecule has 0 atom stereocenters. The molecule has 0 spiro atoms. The number of amides is 1. The molecule has 1 aliphatic rings. The number of halogens is 1. The van der Waals surface area contributed by atoms with Crippen LogP contribution in [0.15, 0.2) is 65.6 Å². The van der Waals surface area contributed by atoms with Gasteiger partial charge in [-0.05, 0) is 87.9 Å². The number of hydrogen-bond donors (Lipinski definition) is 0. The second-order valence-electron chi connectivity index (χ2n) is 9.87. The van der Waals surface area contributed by atoms with Gasteiger partial charge in [-0.2, -0.15) is 0 Å². The van der Waals surface area contributed by atoms with Crippen LogP contribution in [0.5, 0.6) is 5.75 Å². The number of benzene rings is 3. The van der Waals surface area contributed by atoms with Gasteiger partial charge < -0.3 is 9.64 Å². The maximum Gasteiger partial charge on any atom is 0.264 e. The van der Waals surface area contributed by atoms with E-state index in [2.05, 4.69) is 4.90 Å². The number of sulfonamides is 1. The highest BCUT2D eigenvalue weighted by molar-refractivity contribution is 7.92. The molecule has 1 aliphatic heterocycles. The predicted octanol–water partition coefficient (Wildman–Crippen LogP) is 5.70. The van der Waals surface area contributed by atoms with E-state index in [-0.39, 0.29) is 10.8 Å². The molecule has 5 rings (SSSR count). The molecule has 3 aromatic carbocycles. The molecule has 1 aromatic heterocycles. The van der Waals surface area contributed by atoms with Crippen molar-refractivity contribution in [2.75, 3.05) is 50.0 Å². The summed E-state index contributed by atoms with van der Waals surface area (Å²) in [4.78, 5) is 22.4. The fourth-order valence-electron chi connectivity index (χ4n) is 4.85. The van der Waals surface area contributed by atoms with Crippen LogP contribution in [0.4, 0.5) is 10.8 Å². The first-order valence-electron chi connectivity index (χ1n) is 13.0. The molecule has 4 aromatic rings. The average molecular weight is 599 g/mol. The van der Waals surface area contributed by atoms with Gasteiger partial charge in [0.25, 0.3) is 15.9 Å². The van der Waals surface area contributed by atoms with Gasteiger partial charge in [0.15, 0.2) is 5.13 Å². The second kappa shape index (κ2) is 11.7. The Morgan fingerprint density at radius 3 is 2.55 bits per heavy atom. The fourth-order valence-corrected chi connectivity index (χ4v) is 7.67. The van der Waals surface area contributed by atoms with Gasteiger partial charge in [-0.25, -0.2) is 13.4 Å². The largest absolute Gasteiger partial charge is 0.494 e. The van der Waals surface area contributed by atoms with Crippen molar-refractivity contribution in [3.05, 3.63) is 76.8 Å². The average Bonchev–Trinajstić information content (AvgIpc) is 3.41. The first-order chi connectivity index (χ1) is 19.2. The Morgan fingerprint density at radius 2 is 1.82 bits per heavy atom. The van der Waals surface area contributed by atoms with Crippen LogP contribution in [0.3, 0.4) is 0 Å². The lowest BCUT2D eigenvalue weighted by atomic mass is 10.0. The standard InChI is InChI=1S/C29H31ClN4O4S2/c1-32(2)17-7-18-33(29-31-26-25(38-3)16-15-23(30)27(26)39-29)28(35)21-11-13-22(14-12-21)40(36,37)34-19-6-9-20-8-4-5-10-24(20)34/h4-5,8,10-16H,6-7,9,17-19H2,1-3H3. The Labute approximate surface area is 243 Å². The molecule has 1 amide bonds. The molecule has 0 unspecified atom stereocenters. The highest BCUT2D eigenvalue weighted by Crippen LogP contribution is 2.39. The molecule has 8 nitrogen and oxygen atoms in total. The maximum absolute atomic E-state index is 13.8. The number of anilines is 2. The lowest BCUT2D eigenvalue weighted by Crippen LogP contribution is -2.35. The molecule has 0 bridgehead atoms. The number of carbonyl (C=O) groups is 1. The number of fused-ring (bicyclic) bond motifs is 2. The summed E-state index contributed by atoms with van der Waals surface area (Å²) in [6.07, 6.45) is 2.33. The second-order valence-corrected chi connectivity index (χ2v) is 13.1. The number of nitrogens with zero attached hydrogens (tertiary/aromatic N) is 4. The molecule has 0 fully saturated rings. The summed E-state index contributed by atoms with van der Waals surface area (Å²) in [7, 11) is 1.75. The van der Waals surface area contributed by atoms with Gasteiger partial charge in [-0.3, -0.25) is 14.0 Å². The molecule has 0 radical (unpaired) electrons. The van der Waals surface area contributed by atoms with Crippen LogP contribution in [-0.2, 0) is 16.4 Å². The van der Waals surface area contributed by atoms with Crippen molar-refractivity contribution < 1.29 is 17.9 Å². The third-order valence-electron chi connectivity index (χ3n) is 6.89. The summed E-state index contributed by atoms with van der Waals surface area (Å²) in [5.41, 5.74) is 2.71. The quantitative estimate of drug-likeness (QED) is 0.246. The molecular formula is C29H31ClN4O4S2. The highest BCUT2D eigenvalue weighted by atomic mass is 35.5. The summed E-state index contributed by atoms with van der Waals surface area (Å²) >= 11 is 7.78. The molecular weight excluding hydrogens is 568 g/mol. The smallest absolute Gasteiger partial charge is 0.264 e. The monoisotopic (exact) mass is 598 g/mol. The Morgan fingerprint density at radius 1 is 1.07 bits per heavy atom. The van der Waals surface area contributed by atoms with E-state index in [1.165, 1.54) is 27.8 Å². The van der Waals surface area contributed by atoms with Crippen LogP contribution < -0.4 is 13.9 Å². The number of methoxy groups -OCH3 is 1. The Hall–Kier alpha value is -3.18. The summed E-state index contributed by atoms with van der Waals surface area (Å²) in [5.74, 6) is 0.316. The maximum atomic E-state index is 13.8. The number of ether oxygens (including phenoxy) is 1. The summed E-state index contributed by atoms with van der Waals surface area (Å²) in [6, 6.07) is 17.3. The van der Waals surface area contributed by atoms with Gasteiger partial charge in [-0.1, -0.05) is 41.1 Å². The van der Waals surface area contributed by atoms with Gasteiger partial charge in [0.2, 0.25) is 0 Å². The van der Waals surface area contributed by atoms with Gasteiger partial charge in [0.1, 0.15) is 11.3 Å². The zero-order valence-corrected chi connectivity index (χ0v) is 25.0. The number of carbonyl (C=O) groups excluding carboxylic acids is 1. The summed E-state index contributed by atoms with van der Waals surface area (Å²) < 4.78 is 34.8.